The number of thioether (sulfide) groups is 1. The van der Waals surface area contributed by atoms with Crippen molar-refractivity contribution in [3.63, 3.8) is 0 Å². The largest absolute Gasteiger partial charge is 0.496 e. The number of nitrogens with zero attached hydrogens (tertiary/aromatic N) is 3. The molecule has 0 bridgehead atoms. The minimum Gasteiger partial charge on any atom is -0.496 e. The van der Waals surface area contributed by atoms with E-state index in [0.29, 0.717) is 27.8 Å². The number of carbonyl (C=O) groups excluding carboxylic acids is 1. The van der Waals surface area contributed by atoms with E-state index < -0.39 is 0 Å². The highest BCUT2D eigenvalue weighted by Crippen LogP contribution is 2.33. The van der Waals surface area contributed by atoms with E-state index in [2.05, 4.69) is 15.5 Å². The number of benzene rings is 2. The van der Waals surface area contributed by atoms with Gasteiger partial charge in [0.05, 0.1) is 18.4 Å². The Morgan fingerprint density at radius 3 is 2.61 bits per heavy atom. The summed E-state index contributed by atoms with van der Waals surface area (Å²) in [6.45, 7) is 0. The van der Waals surface area contributed by atoms with E-state index in [9.17, 15) is 4.79 Å². The normalized spacial score (nSPS) is 14.4. The lowest BCUT2D eigenvalue weighted by Gasteiger charge is -2.22. The van der Waals surface area contributed by atoms with Crippen LogP contribution in [0.3, 0.4) is 0 Å². The maximum Gasteiger partial charge on any atom is 0.230 e. The fraction of sp³-hybridized carbons (Fsp3) is 0.348. The van der Waals surface area contributed by atoms with Gasteiger partial charge in [-0.1, -0.05) is 54.8 Å². The summed E-state index contributed by atoms with van der Waals surface area (Å²) in [5.41, 5.74) is 1.69. The minimum atomic E-state index is 0.0291. The van der Waals surface area contributed by atoms with Crippen LogP contribution in [0, 0.1) is 0 Å². The zero-order valence-corrected chi connectivity index (χ0v) is 19.0. The standard InChI is InChI=1S/C23H25ClN4O2S/c1-30-20-10-6-5-9-19(20)22-26-27-23(28(22)18-13-11-16(24)12-14-18)31-15-21(29)25-17-7-3-2-4-8-17/h5-6,9-14,17H,2-4,7-8,15H2,1H3,(H,25,29). The molecule has 0 aliphatic heterocycles. The molecule has 1 heterocycles. The lowest BCUT2D eigenvalue weighted by Crippen LogP contribution is -2.37. The van der Waals surface area contributed by atoms with Crippen LogP contribution in [0.25, 0.3) is 17.1 Å². The van der Waals surface area contributed by atoms with Gasteiger partial charge in [0.1, 0.15) is 5.75 Å². The Labute approximate surface area is 191 Å². The number of para-hydroxylation sites is 1. The van der Waals surface area contributed by atoms with Gasteiger partial charge in [0.2, 0.25) is 5.91 Å². The topological polar surface area (TPSA) is 69.0 Å². The van der Waals surface area contributed by atoms with Crippen LogP contribution in [0.4, 0.5) is 0 Å². The molecule has 162 valence electrons. The van der Waals surface area contributed by atoms with Crippen molar-refractivity contribution in [2.75, 3.05) is 12.9 Å². The van der Waals surface area contributed by atoms with Crippen molar-refractivity contribution >= 4 is 29.3 Å². The van der Waals surface area contributed by atoms with Crippen molar-refractivity contribution in [2.24, 2.45) is 0 Å². The second-order valence-corrected chi connectivity index (χ2v) is 8.89. The summed E-state index contributed by atoms with van der Waals surface area (Å²) in [5.74, 6) is 1.67. The van der Waals surface area contributed by atoms with Crippen molar-refractivity contribution in [1.82, 2.24) is 20.1 Å². The first-order chi connectivity index (χ1) is 15.2. The van der Waals surface area contributed by atoms with Crippen molar-refractivity contribution < 1.29 is 9.53 Å². The molecule has 8 heteroatoms. The van der Waals surface area contributed by atoms with E-state index >= 15 is 0 Å². The molecule has 1 fully saturated rings. The summed E-state index contributed by atoms with van der Waals surface area (Å²) in [6, 6.07) is 15.5. The van der Waals surface area contributed by atoms with Gasteiger partial charge < -0.3 is 10.1 Å². The first kappa shape index (κ1) is 21.7. The quantitative estimate of drug-likeness (QED) is 0.498. The molecule has 1 amide bonds. The van der Waals surface area contributed by atoms with Crippen LogP contribution in [0.15, 0.2) is 53.7 Å². The first-order valence-corrected chi connectivity index (χ1v) is 11.8. The minimum absolute atomic E-state index is 0.0291. The van der Waals surface area contributed by atoms with Crippen LogP contribution in [-0.4, -0.2) is 39.6 Å². The number of hydrogen-bond donors (Lipinski definition) is 1. The molecule has 6 nitrogen and oxygen atoms in total. The first-order valence-electron chi connectivity index (χ1n) is 10.4. The van der Waals surface area contributed by atoms with E-state index in [1.807, 2.05) is 53.1 Å². The second kappa shape index (κ2) is 10.2. The summed E-state index contributed by atoms with van der Waals surface area (Å²) in [4.78, 5) is 12.5. The van der Waals surface area contributed by atoms with Crippen LogP contribution in [0.5, 0.6) is 5.75 Å². The number of amides is 1. The molecule has 31 heavy (non-hydrogen) atoms. The Bertz CT molecular complexity index is 1030. The van der Waals surface area contributed by atoms with Crippen molar-refractivity contribution in [2.45, 2.75) is 43.3 Å². The molecule has 0 spiro atoms. The Morgan fingerprint density at radius 2 is 1.87 bits per heavy atom. The van der Waals surface area contributed by atoms with Gasteiger partial charge >= 0.3 is 0 Å². The number of hydrogen-bond acceptors (Lipinski definition) is 5. The van der Waals surface area contributed by atoms with Gasteiger partial charge in [0.25, 0.3) is 0 Å². The monoisotopic (exact) mass is 456 g/mol. The fourth-order valence-corrected chi connectivity index (χ4v) is 4.73. The van der Waals surface area contributed by atoms with Crippen molar-refractivity contribution in [3.05, 3.63) is 53.6 Å². The number of halogens is 1. The number of nitrogens with one attached hydrogen (secondary N) is 1. The molecule has 1 aliphatic carbocycles. The highest BCUT2D eigenvalue weighted by atomic mass is 35.5. The Hall–Kier alpha value is -2.51. The molecular formula is C23H25ClN4O2S. The van der Waals surface area contributed by atoms with Gasteiger partial charge in [-0.25, -0.2) is 0 Å². The number of rotatable bonds is 7. The van der Waals surface area contributed by atoms with Crippen molar-refractivity contribution in [3.8, 4) is 22.8 Å². The third-order valence-corrected chi connectivity index (χ3v) is 6.55. The van der Waals surface area contributed by atoms with E-state index in [4.69, 9.17) is 16.3 Å². The maximum absolute atomic E-state index is 12.5. The number of carbonyl (C=O) groups is 1. The van der Waals surface area contributed by atoms with E-state index in [1.165, 1.54) is 31.0 Å². The van der Waals surface area contributed by atoms with Gasteiger partial charge in [0.15, 0.2) is 11.0 Å². The molecule has 1 aromatic heterocycles. The third-order valence-electron chi connectivity index (χ3n) is 5.37. The Morgan fingerprint density at radius 1 is 1.13 bits per heavy atom. The molecule has 1 saturated carbocycles. The maximum atomic E-state index is 12.5. The molecule has 1 N–H and O–H groups in total. The molecule has 0 atom stereocenters. The van der Waals surface area contributed by atoms with Crippen molar-refractivity contribution in [1.29, 1.82) is 0 Å². The predicted molar refractivity (Wildman–Crippen MR) is 124 cm³/mol. The van der Waals surface area contributed by atoms with Crippen LogP contribution in [-0.2, 0) is 4.79 Å². The molecule has 2 aromatic carbocycles. The zero-order valence-electron chi connectivity index (χ0n) is 17.4. The van der Waals surface area contributed by atoms with Gasteiger partial charge in [-0.2, -0.15) is 0 Å². The van der Waals surface area contributed by atoms with Gasteiger partial charge in [0, 0.05) is 16.8 Å². The summed E-state index contributed by atoms with van der Waals surface area (Å²) in [5, 5.41) is 13.3. The number of aromatic nitrogens is 3. The summed E-state index contributed by atoms with van der Waals surface area (Å²) < 4.78 is 7.47. The molecule has 1 aliphatic rings. The van der Waals surface area contributed by atoms with E-state index in [1.54, 1.807) is 7.11 Å². The van der Waals surface area contributed by atoms with Crippen LogP contribution < -0.4 is 10.1 Å². The molecular weight excluding hydrogens is 432 g/mol. The molecule has 3 aromatic rings. The average Bonchev–Trinajstić information content (AvgIpc) is 3.22. The summed E-state index contributed by atoms with van der Waals surface area (Å²) >= 11 is 7.47. The number of methoxy groups -OCH3 is 1. The number of ether oxygens (including phenoxy) is 1. The van der Waals surface area contributed by atoms with Gasteiger partial charge in [-0.15, -0.1) is 10.2 Å². The van der Waals surface area contributed by atoms with Crippen LogP contribution in [0.2, 0.25) is 5.02 Å². The van der Waals surface area contributed by atoms with Gasteiger partial charge in [-0.05, 0) is 49.2 Å². The highest BCUT2D eigenvalue weighted by molar-refractivity contribution is 7.99. The zero-order chi connectivity index (χ0) is 21.6. The second-order valence-electron chi connectivity index (χ2n) is 7.51. The summed E-state index contributed by atoms with van der Waals surface area (Å²) in [6.07, 6.45) is 5.76. The molecule has 0 unspecified atom stereocenters. The van der Waals surface area contributed by atoms with E-state index in [-0.39, 0.29) is 11.7 Å². The Balaban J connectivity index is 1.60. The van der Waals surface area contributed by atoms with Crippen LogP contribution in [0.1, 0.15) is 32.1 Å². The molecule has 4 rings (SSSR count). The fourth-order valence-electron chi connectivity index (χ4n) is 3.84. The lowest BCUT2D eigenvalue weighted by atomic mass is 9.95. The highest BCUT2D eigenvalue weighted by Gasteiger charge is 2.21. The SMILES string of the molecule is COc1ccccc1-c1nnc(SCC(=O)NC2CCCCC2)n1-c1ccc(Cl)cc1. The predicted octanol–water partition coefficient (Wildman–Crippen LogP) is 5.14. The lowest BCUT2D eigenvalue weighted by molar-refractivity contribution is -0.119. The molecule has 0 saturated heterocycles. The van der Waals surface area contributed by atoms with Gasteiger partial charge in [-0.3, -0.25) is 9.36 Å². The Kier molecular flexibility index (Phi) is 7.14. The summed E-state index contributed by atoms with van der Waals surface area (Å²) in [7, 11) is 1.63. The smallest absolute Gasteiger partial charge is 0.230 e. The molecule has 0 radical (unpaired) electrons. The van der Waals surface area contributed by atoms with E-state index in [0.717, 1.165) is 24.1 Å². The van der Waals surface area contributed by atoms with Crippen LogP contribution >= 0.6 is 23.4 Å². The average molecular weight is 457 g/mol. The third kappa shape index (κ3) is 5.22.